The van der Waals surface area contributed by atoms with E-state index >= 15 is 0 Å². The molecule has 1 heterocycles. The molecule has 0 unspecified atom stereocenters. The van der Waals surface area contributed by atoms with Gasteiger partial charge in [0.1, 0.15) is 13.2 Å². The number of fused-ring (bicyclic) bond motifs is 1. The van der Waals surface area contributed by atoms with E-state index in [-0.39, 0.29) is 16.6 Å². The number of benzene rings is 1. The highest BCUT2D eigenvalue weighted by Gasteiger charge is 2.22. The van der Waals surface area contributed by atoms with Gasteiger partial charge in [-0.05, 0) is 19.9 Å². The first-order valence-corrected chi connectivity index (χ1v) is 7.10. The van der Waals surface area contributed by atoms with Crippen LogP contribution in [0.5, 0.6) is 11.5 Å². The lowest BCUT2D eigenvalue weighted by Crippen LogP contribution is -2.30. The summed E-state index contributed by atoms with van der Waals surface area (Å²) in [6.07, 6.45) is 0. The Hall–Kier alpha value is -1.47. The van der Waals surface area contributed by atoms with Crippen molar-refractivity contribution in [3.05, 3.63) is 12.1 Å². The maximum Gasteiger partial charge on any atom is 0.241 e. The predicted molar refractivity (Wildman–Crippen MR) is 67.3 cm³/mol. The van der Waals surface area contributed by atoms with Crippen LogP contribution in [-0.2, 0) is 10.0 Å². The Morgan fingerprint density at radius 3 is 2.61 bits per heavy atom. The molecule has 7 heteroatoms. The molecule has 1 aromatic carbocycles. The minimum atomic E-state index is -3.58. The van der Waals surface area contributed by atoms with Crippen molar-refractivity contribution in [3.8, 4) is 11.5 Å². The third kappa shape index (κ3) is 2.51. The lowest BCUT2D eigenvalue weighted by atomic mass is 10.2. The van der Waals surface area contributed by atoms with E-state index in [1.807, 2.05) is 0 Å². The summed E-state index contributed by atoms with van der Waals surface area (Å²) >= 11 is 0. The molecule has 0 radical (unpaired) electrons. The molecule has 0 amide bonds. The van der Waals surface area contributed by atoms with Crippen molar-refractivity contribution in [2.24, 2.45) is 0 Å². The Morgan fingerprint density at radius 2 is 1.94 bits per heavy atom. The minimum Gasteiger partial charge on any atom is -0.486 e. The van der Waals surface area contributed by atoms with Gasteiger partial charge in [-0.2, -0.15) is 0 Å². The molecule has 1 aromatic rings. The van der Waals surface area contributed by atoms with Crippen molar-refractivity contribution >= 4 is 15.7 Å². The van der Waals surface area contributed by atoms with Gasteiger partial charge in [0.2, 0.25) is 10.0 Å². The number of hydrogen-bond acceptors (Lipinski definition) is 5. The van der Waals surface area contributed by atoms with Gasteiger partial charge in [-0.1, -0.05) is 0 Å². The fourth-order valence-electron chi connectivity index (χ4n) is 1.69. The molecule has 100 valence electrons. The highest BCUT2D eigenvalue weighted by Crippen LogP contribution is 2.38. The number of ether oxygens (including phenoxy) is 2. The maximum absolute atomic E-state index is 12.0. The van der Waals surface area contributed by atoms with E-state index < -0.39 is 10.0 Å². The molecular weight excluding hydrogens is 256 g/mol. The summed E-state index contributed by atoms with van der Waals surface area (Å²) < 4.78 is 37.2. The van der Waals surface area contributed by atoms with Crippen LogP contribution in [0.25, 0.3) is 0 Å². The van der Waals surface area contributed by atoms with E-state index in [1.54, 1.807) is 13.8 Å². The Kier molecular flexibility index (Phi) is 3.36. The quantitative estimate of drug-likeness (QED) is 0.791. The topological polar surface area (TPSA) is 90.7 Å². The molecular formula is C11H16N2O4S. The Morgan fingerprint density at radius 1 is 1.28 bits per heavy atom. The third-order valence-corrected chi connectivity index (χ3v) is 3.98. The molecule has 0 aliphatic carbocycles. The lowest BCUT2D eigenvalue weighted by Gasteiger charge is -2.21. The van der Waals surface area contributed by atoms with E-state index in [1.165, 1.54) is 12.1 Å². The zero-order valence-corrected chi connectivity index (χ0v) is 11.1. The fourth-order valence-corrected chi connectivity index (χ4v) is 2.99. The number of rotatable bonds is 3. The Bertz CT molecular complexity index is 554. The molecule has 0 bridgehead atoms. The van der Waals surface area contributed by atoms with Gasteiger partial charge >= 0.3 is 0 Å². The van der Waals surface area contributed by atoms with E-state index in [9.17, 15) is 8.42 Å². The molecule has 0 aromatic heterocycles. The summed E-state index contributed by atoms with van der Waals surface area (Å²) in [5.41, 5.74) is 6.03. The van der Waals surface area contributed by atoms with Gasteiger partial charge in [0.05, 0.1) is 10.6 Å². The largest absolute Gasteiger partial charge is 0.486 e. The molecule has 0 fully saturated rings. The maximum atomic E-state index is 12.0. The molecule has 1 aliphatic heterocycles. The second-order valence-corrected chi connectivity index (χ2v) is 6.03. The Labute approximate surface area is 106 Å². The summed E-state index contributed by atoms with van der Waals surface area (Å²) in [5, 5.41) is 0. The number of hydrogen-bond donors (Lipinski definition) is 2. The van der Waals surface area contributed by atoms with Crippen molar-refractivity contribution in [2.75, 3.05) is 18.9 Å². The molecule has 6 nitrogen and oxygen atoms in total. The van der Waals surface area contributed by atoms with Gasteiger partial charge in [-0.3, -0.25) is 0 Å². The van der Waals surface area contributed by atoms with Crippen LogP contribution in [0.2, 0.25) is 0 Å². The monoisotopic (exact) mass is 272 g/mol. The zero-order valence-electron chi connectivity index (χ0n) is 10.3. The smallest absolute Gasteiger partial charge is 0.241 e. The van der Waals surface area contributed by atoms with Gasteiger partial charge in [0.15, 0.2) is 11.5 Å². The molecule has 0 spiro atoms. The number of anilines is 1. The van der Waals surface area contributed by atoms with Crippen LogP contribution in [0.1, 0.15) is 13.8 Å². The highest BCUT2D eigenvalue weighted by molar-refractivity contribution is 7.89. The van der Waals surface area contributed by atoms with E-state index in [4.69, 9.17) is 15.2 Å². The van der Waals surface area contributed by atoms with Crippen LogP contribution in [0, 0.1) is 0 Å². The molecule has 1 aliphatic rings. The van der Waals surface area contributed by atoms with E-state index in [0.29, 0.717) is 24.7 Å². The minimum absolute atomic E-state index is 0.0814. The molecule has 18 heavy (non-hydrogen) atoms. The number of nitrogens with two attached hydrogens (primary N) is 1. The fraction of sp³-hybridized carbons (Fsp3) is 0.455. The molecule has 0 atom stereocenters. The van der Waals surface area contributed by atoms with Crippen LogP contribution in [0.15, 0.2) is 17.0 Å². The molecule has 3 N–H and O–H groups in total. The number of nitrogen functional groups attached to an aromatic ring is 1. The molecule has 2 rings (SSSR count). The van der Waals surface area contributed by atoms with Gasteiger partial charge in [0.25, 0.3) is 0 Å². The SMILES string of the molecule is CC(C)NS(=O)(=O)c1cc(N)c2c(c1)OCCO2. The van der Waals surface area contributed by atoms with Crippen LogP contribution in [0.4, 0.5) is 5.69 Å². The van der Waals surface area contributed by atoms with Crippen molar-refractivity contribution in [1.29, 1.82) is 0 Å². The van der Waals surface area contributed by atoms with Crippen LogP contribution >= 0.6 is 0 Å². The normalized spacial score (nSPS) is 14.8. The average molecular weight is 272 g/mol. The van der Waals surface area contributed by atoms with Gasteiger partial charge in [-0.15, -0.1) is 0 Å². The lowest BCUT2D eigenvalue weighted by molar-refractivity contribution is 0.172. The zero-order chi connectivity index (χ0) is 13.3. The van der Waals surface area contributed by atoms with Gasteiger partial charge in [-0.25, -0.2) is 13.1 Å². The van der Waals surface area contributed by atoms with Gasteiger partial charge < -0.3 is 15.2 Å². The van der Waals surface area contributed by atoms with Crippen LogP contribution < -0.4 is 19.9 Å². The average Bonchev–Trinajstić information content (AvgIpc) is 2.27. The Balaban J connectivity index is 2.44. The van der Waals surface area contributed by atoms with Gasteiger partial charge in [0, 0.05) is 12.1 Å². The summed E-state index contributed by atoms with van der Waals surface area (Å²) in [6.45, 7) is 4.29. The second kappa shape index (κ2) is 4.66. The summed E-state index contributed by atoms with van der Waals surface area (Å²) in [7, 11) is -3.58. The van der Waals surface area contributed by atoms with Crippen molar-refractivity contribution < 1.29 is 17.9 Å². The molecule has 0 saturated carbocycles. The summed E-state index contributed by atoms with van der Waals surface area (Å²) in [6, 6.07) is 2.61. The van der Waals surface area contributed by atoms with Crippen molar-refractivity contribution in [2.45, 2.75) is 24.8 Å². The van der Waals surface area contributed by atoms with E-state index in [2.05, 4.69) is 4.72 Å². The van der Waals surface area contributed by atoms with Crippen LogP contribution in [-0.4, -0.2) is 27.7 Å². The highest BCUT2D eigenvalue weighted by atomic mass is 32.2. The number of nitrogens with one attached hydrogen (secondary N) is 1. The first-order chi connectivity index (χ1) is 8.40. The first-order valence-electron chi connectivity index (χ1n) is 5.61. The first kappa shape index (κ1) is 13.0. The summed E-state index contributed by atoms with van der Waals surface area (Å²) in [4.78, 5) is 0.0814. The van der Waals surface area contributed by atoms with Crippen molar-refractivity contribution in [1.82, 2.24) is 4.72 Å². The summed E-state index contributed by atoms with van der Waals surface area (Å²) in [5.74, 6) is 0.773. The van der Waals surface area contributed by atoms with Crippen molar-refractivity contribution in [3.63, 3.8) is 0 Å². The number of sulfonamides is 1. The third-order valence-electron chi connectivity index (χ3n) is 2.35. The standard InChI is InChI=1S/C11H16N2O4S/c1-7(2)13-18(14,15)8-5-9(12)11-10(6-8)16-3-4-17-11/h5-7,13H,3-4,12H2,1-2H3. The van der Waals surface area contributed by atoms with Crippen LogP contribution in [0.3, 0.4) is 0 Å². The molecule has 0 saturated heterocycles. The second-order valence-electron chi connectivity index (χ2n) is 4.31. The van der Waals surface area contributed by atoms with E-state index in [0.717, 1.165) is 0 Å². The predicted octanol–water partition coefficient (Wildman–Crippen LogP) is 0.727.